The van der Waals surface area contributed by atoms with Crippen LogP contribution in [0.25, 0.3) is 6.08 Å². The molecule has 1 fully saturated rings. The minimum absolute atomic E-state index is 0.0318. The van der Waals surface area contributed by atoms with Crippen LogP contribution in [0.2, 0.25) is 0 Å². The number of aromatic hydroxyl groups is 3. The van der Waals surface area contributed by atoms with Gasteiger partial charge in [0.25, 0.3) is 0 Å². The van der Waals surface area contributed by atoms with Gasteiger partial charge in [-0.1, -0.05) is 24.3 Å². The van der Waals surface area contributed by atoms with E-state index < -0.39 is 55.1 Å². The van der Waals surface area contributed by atoms with Gasteiger partial charge in [0.2, 0.25) is 0 Å². The van der Waals surface area contributed by atoms with Crippen LogP contribution < -0.4 is 9.47 Å². The molecule has 3 aromatic carbocycles. The van der Waals surface area contributed by atoms with Crippen LogP contribution in [-0.2, 0) is 31.8 Å². The van der Waals surface area contributed by atoms with E-state index in [4.69, 9.17) is 23.7 Å². The van der Waals surface area contributed by atoms with E-state index in [0.29, 0.717) is 18.4 Å². The SMILES string of the molecule is COc1cc(CC(CO)C(COC2OC(COC(=O)C=Cc3ccc(O)cc3)C(O)C(O)C2O)Cc2ccc(O)c(OC)c2)ccc1O. The first kappa shape index (κ1) is 36.5. The molecule has 1 heterocycles. The molecule has 48 heavy (non-hydrogen) atoms. The molecule has 7 atom stereocenters. The lowest BCUT2D eigenvalue weighted by molar-refractivity contribution is -0.304. The summed E-state index contributed by atoms with van der Waals surface area (Å²) in [6, 6.07) is 15.8. The number of phenols is 3. The van der Waals surface area contributed by atoms with E-state index in [9.17, 15) is 40.5 Å². The molecule has 13 nitrogen and oxygen atoms in total. The summed E-state index contributed by atoms with van der Waals surface area (Å²) >= 11 is 0. The lowest BCUT2D eigenvalue weighted by Crippen LogP contribution is -2.59. The highest BCUT2D eigenvalue weighted by molar-refractivity contribution is 5.87. The third kappa shape index (κ3) is 9.60. The Bertz CT molecular complexity index is 1510. The molecule has 7 N–H and O–H groups in total. The summed E-state index contributed by atoms with van der Waals surface area (Å²) in [5.74, 6) is -1.07. The second-order valence-electron chi connectivity index (χ2n) is 11.5. The fourth-order valence-electron chi connectivity index (χ4n) is 5.42. The molecule has 0 aromatic heterocycles. The van der Waals surface area contributed by atoms with Crippen LogP contribution in [0.1, 0.15) is 16.7 Å². The van der Waals surface area contributed by atoms with Crippen molar-refractivity contribution in [2.45, 2.75) is 43.5 Å². The van der Waals surface area contributed by atoms with Gasteiger partial charge in [-0.2, -0.15) is 0 Å². The smallest absolute Gasteiger partial charge is 0.330 e. The number of rotatable bonds is 15. The number of aliphatic hydroxyl groups is 4. The zero-order chi connectivity index (χ0) is 34.8. The molecule has 0 aliphatic carbocycles. The topological polar surface area (TPSA) is 205 Å². The largest absolute Gasteiger partial charge is 0.508 e. The fraction of sp³-hybridized carbons (Fsp3) is 0.400. The van der Waals surface area contributed by atoms with Gasteiger partial charge in [0.05, 0.1) is 20.8 Å². The van der Waals surface area contributed by atoms with Gasteiger partial charge in [0.1, 0.15) is 36.8 Å². The van der Waals surface area contributed by atoms with E-state index in [2.05, 4.69) is 0 Å². The van der Waals surface area contributed by atoms with Crippen LogP contribution in [0.3, 0.4) is 0 Å². The van der Waals surface area contributed by atoms with Crippen molar-refractivity contribution in [3.8, 4) is 28.7 Å². The van der Waals surface area contributed by atoms with Crippen LogP contribution in [0.5, 0.6) is 28.7 Å². The molecule has 0 saturated carbocycles. The lowest BCUT2D eigenvalue weighted by atomic mass is 9.83. The van der Waals surface area contributed by atoms with Gasteiger partial charge in [0.15, 0.2) is 29.3 Å². The number of hydrogen-bond donors (Lipinski definition) is 7. The molecular formula is C35H42O13. The first-order chi connectivity index (χ1) is 23.0. The third-order valence-electron chi connectivity index (χ3n) is 8.22. The third-order valence-corrected chi connectivity index (χ3v) is 8.22. The monoisotopic (exact) mass is 670 g/mol. The molecule has 1 saturated heterocycles. The Morgan fingerprint density at radius 1 is 0.812 bits per heavy atom. The van der Waals surface area contributed by atoms with Crippen molar-refractivity contribution in [1.29, 1.82) is 0 Å². The number of ether oxygens (including phenoxy) is 5. The van der Waals surface area contributed by atoms with E-state index in [1.807, 2.05) is 0 Å². The van der Waals surface area contributed by atoms with Gasteiger partial charge >= 0.3 is 5.97 Å². The van der Waals surface area contributed by atoms with Crippen LogP contribution in [0, 0.1) is 11.8 Å². The van der Waals surface area contributed by atoms with Crippen molar-refractivity contribution < 1.29 is 64.2 Å². The number of esters is 1. The average Bonchev–Trinajstić information content (AvgIpc) is 3.09. The number of methoxy groups -OCH3 is 2. The Hall–Kier alpha value is -4.37. The molecule has 0 spiro atoms. The van der Waals surface area contributed by atoms with Crippen molar-refractivity contribution in [2.75, 3.05) is 34.0 Å². The van der Waals surface area contributed by atoms with Gasteiger partial charge in [0, 0.05) is 12.7 Å². The quantitative estimate of drug-likeness (QED) is 0.0913. The summed E-state index contributed by atoms with van der Waals surface area (Å²) < 4.78 is 27.4. The van der Waals surface area contributed by atoms with Crippen molar-refractivity contribution in [3.05, 3.63) is 83.4 Å². The zero-order valence-corrected chi connectivity index (χ0v) is 26.6. The molecule has 1 aliphatic heterocycles. The van der Waals surface area contributed by atoms with Gasteiger partial charge in [-0.3, -0.25) is 0 Å². The highest BCUT2D eigenvalue weighted by atomic mass is 16.7. The molecule has 0 bridgehead atoms. The fourth-order valence-corrected chi connectivity index (χ4v) is 5.42. The zero-order valence-electron chi connectivity index (χ0n) is 26.6. The minimum atomic E-state index is -1.68. The minimum Gasteiger partial charge on any atom is -0.508 e. The Kier molecular flexibility index (Phi) is 13.0. The Morgan fingerprint density at radius 2 is 1.40 bits per heavy atom. The number of aliphatic hydroxyl groups excluding tert-OH is 4. The van der Waals surface area contributed by atoms with Crippen molar-refractivity contribution >= 4 is 12.0 Å². The summed E-state index contributed by atoms with van der Waals surface area (Å²) in [5.41, 5.74) is 2.16. The highest BCUT2D eigenvalue weighted by Crippen LogP contribution is 2.32. The first-order valence-corrected chi connectivity index (χ1v) is 15.3. The number of carbonyl (C=O) groups is 1. The normalized spacial score (nSPS) is 22.2. The second-order valence-corrected chi connectivity index (χ2v) is 11.5. The van der Waals surface area contributed by atoms with Crippen LogP contribution in [-0.4, -0.2) is 106 Å². The van der Waals surface area contributed by atoms with E-state index in [0.717, 1.165) is 17.2 Å². The number of phenolic OH excluding ortho intramolecular Hbond substituents is 3. The molecular weight excluding hydrogens is 628 g/mol. The van der Waals surface area contributed by atoms with Crippen molar-refractivity contribution in [1.82, 2.24) is 0 Å². The maximum atomic E-state index is 12.3. The van der Waals surface area contributed by atoms with Crippen LogP contribution in [0.4, 0.5) is 0 Å². The van der Waals surface area contributed by atoms with E-state index in [1.165, 1.54) is 44.6 Å². The van der Waals surface area contributed by atoms with E-state index in [-0.39, 0.29) is 42.0 Å². The number of benzene rings is 3. The summed E-state index contributed by atoms with van der Waals surface area (Å²) in [5, 5.41) is 71.9. The summed E-state index contributed by atoms with van der Waals surface area (Å²) in [6.07, 6.45) is -4.28. The molecule has 7 unspecified atom stereocenters. The number of hydrogen-bond acceptors (Lipinski definition) is 13. The van der Waals surface area contributed by atoms with Gasteiger partial charge in [-0.25, -0.2) is 4.79 Å². The number of carbonyl (C=O) groups excluding carboxylic acids is 1. The standard InChI is InChI=1S/C35H42O13/c1-44-28-15-21(5-10-26(28)38)13-23(17-36)24(14-22-6-11-27(39)29(16-22)45-2)18-47-35-34(43)33(42)32(41)30(48-35)19-46-31(40)12-7-20-3-8-25(37)9-4-20/h3-12,15-16,23-24,30,32-39,41-43H,13-14,17-19H2,1-2H3. The summed E-state index contributed by atoms with van der Waals surface area (Å²) in [7, 11) is 2.86. The molecule has 4 rings (SSSR count). The van der Waals surface area contributed by atoms with Gasteiger partial charge in [-0.05, 0) is 83.8 Å². The second kappa shape index (κ2) is 17.2. The Morgan fingerprint density at radius 3 is 1.96 bits per heavy atom. The van der Waals surface area contributed by atoms with Gasteiger partial charge < -0.3 is 59.4 Å². The summed E-state index contributed by atoms with van der Waals surface area (Å²) in [6.45, 7) is -0.809. The Labute approximate surface area is 277 Å². The van der Waals surface area contributed by atoms with E-state index >= 15 is 0 Å². The molecule has 260 valence electrons. The van der Waals surface area contributed by atoms with Crippen LogP contribution >= 0.6 is 0 Å². The molecule has 0 amide bonds. The molecule has 1 aliphatic rings. The predicted molar refractivity (Wildman–Crippen MR) is 172 cm³/mol. The summed E-state index contributed by atoms with van der Waals surface area (Å²) in [4.78, 5) is 12.3. The lowest BCUT2D eigenvalue weighted by Gasteiger charge is -2.40. The highest BCUT2D eigenvalue weighted by Gasteiger charge is 2.45. The predicted octanol–water partition coefficient (Wildman–Crippen LogP) is 1.91. The van der Waals surface area contributed by atoms with E-state index in [1.54, 1.807) is 36.4 Å². The average molecular weight is 671 g/mol. The van der Waals surface area contributed by atoms with Gasteiger partial charge in [-0.15, -0.1) is 0 Å². The molecule has 0 radical (unpaired) electrons. The van der Waals surface area contributed by atoms with Crippen LogP contribution in [0.15, 0.2) is 66.7 Å². The van der Waals surface area contributed by atoms with Crippen molar-refractivity contribution in [3.63, 3.8) is 0 Å². The molecule has 13 heteroatoms. The first-order valence-electron chi connectivity index (χ1n) is 15.3. The maximum absolute atomic E-state index is 12.3. The maximum Gasteiger partial charge on any atom is 0.330 e. The Balaban J connectivity index is 1.47. The van der Waals surface area contributed by atoms with Crippen molar-refractivity contribution in [2.24, 2.45) is 11.8 Å². The molecule has 3 aromatic rings.